The van der Waals surface area contributed by atoms with Crippen LogP contribution in [-0.4, -0.2) is 51.2 Å². The van der Waals surface area contributed by atoms with E-state index in [0.717, 1.165) is 30.1 Å². The van der Waals surface area contributed by atoms with Gasteiger partial charge in [-0.25, -0.2) is 0 Å². The Hall–Kier alpha value is -2.40. The highest BCUT2D eigenvalue weighted by atomic mass is 35.5. The number of nitrogens with zero attached hydrogens (tertiary/aromatic N) is 2. The van der Waals surface area contributed by atoms with E-state index in [2.05, 4.69) is 4.90 Å². The van der Waals surface area contributed by atoms with Gasteiger partial charge in [-0.3, -0.25) is 4.79 Å². The highest BCUT2D eigenvalue weighted by Gasteiger charge is 2.25. The van der Waals surface area contributed by atoms with Crippen molar-refractivity contribution in [3.63, 3.8) is 0 Å². The summed E-state index contributed by atoms with van der Waals surface area (Å²) in [6.07, 6.45) is 0. The van der Waals surface area contributed by atoms with Gasteiger partial charge in [0.15, 0.2) is 0 Å². The van der Waals surface area contributed by atoms with Gasteiger partial charge in [-0.2, -0.15) is 0 Å². The van der Waals surface area contributed by atoms with Gasteiger partial charge in [0.1, 0.15) is 11.5 Å². The fourth-order valence-electron chi connectivity index (χ4n) is 3.20. The molecule has 1 saturated heterocycles. The van der Waals surface area contributed by atoms with Crippen LogP contribution >= 0.6 is 11.6 Å². The maximum atomic E-state index is 12.8. The molecule has 0 radical (unpaired) electrons. The molecule has 0 spiro atoms. The van der Waals surface area contributed by atoms with Gasteiger partial charge in [0.05, 0.1) is 25.5 Å². The lowest BCUT2D eigenvalue weighted by Crippen LogP contribution is -2.49. The highest BCUT2D eigenvalue weighted by molar-refractivity contribution is 6.31. The molecular formula is C20H23ClN2O3. The third kappa shape index (κ3) is 3.58. The van der Waals surface area contributed by atoms with E-state index in [0.29, 0.717) is 29.4 Å². The number of halogens is 1. The quantitative estimate of drug-likeness (QED) is 0.819. The van der Waals surface area contributed by atoms with Crippen molar-refractivity contribution >= 4 is 23.2 Å². The van der Waals surface area contributed by atoms with Crippen LogP contribution in [0.4, 0.5) is 5.69 Å². The van der Waals surface area contributed by atoms with Crippen LogP contribution in [0.15, 0.2) is 36.4 Å². The van der Waals surface area contributed by atoms with E-state index in [1.54, 1.807) is 20.3 Å². The molecule has 138 valence electrons. The van der Waals surface area contributed by atoms with E-state index in [9.17, 15) is 4.79 Å². The van der Waals surface area contributed by atoms with Gasteiger partial charge in [-0.05, 0) is 30.7 Å². The van der Waals surface area contributed by atoms with Crippen molar-refractivity contribution in [1.29, 1.82) is 0 Å². The summed E-state index contributed by atoms with van der Waals surface area (Å²) in [5, 5.41) is 0.690. The number of ether oxygens (including phenoxy) is 2. The van der Waals surface area contributed by atoms with Crippen molar-refractivity contribution in [3.8, 4) is 11.5 Å². The molecule has 1 aliphatic heterocycles. The van der Waals surface area contributed by atoms with E-state index in [-0.39, 0.29) is 5.91 Å². The Kier molecular flexibility index (Phi) is 5.57. The molecule has 0 bridgehead atoms. The number of benzene rings is 2. The molecule has 0 saturated carbocycles. The second-order valence-corrected chi connectivity index (χ2v) is 6.66. The molecule has 1 amide bonds. The van der Waals surface area contributed by atoms with Crippen LogP contribution in [0, 0.1) is 6.92 Å². The summed E-state index contributed by atoms with van der Waals surface area (Å²) in [7, 11) is 3.23. The lowest BCUT2D eigenvalue weighted by atomic mass is 10.1. The highest BCUT2D eigenvalue weighted by Crippen LogP contribution is 2.34. The van der Waals surface area contributed by atoms with Gasteiger partial charge in [-0.1, -0.05) is 23.7 Å². The van der Waals surface area contributed by atoms with Crippen molar-refractivity contribution in [2.75, 3.05) is 45.3 Å². The Labute approximate surface area is 159 Å². The average Bonchev–Trinajstić information content (AvgIpc) is 2.69. The summed E-state index contributed by atoms with van der Waals surface area (Å²) in [5.74, 6) is 1.36. The molecule has 0 unspecified atom stereocenters. The van der Waals surface area contributed by atoms with E-state index < -0.39 is 0 Å². The standard InChI is InChI=1S/C20H23ClN2O3/c1-14-12-17(19(26-3)13-16(14)21)22-8-10-23(11-9-22)20(24)15-6-4-5-7-18(15)25-2/h4-7,12-13H,8-11H2,1-3H3. The molecule has 5 nitrogen and oxygen atoms in total. The molecule has 0 aromatic heterocycles. The van der Waals surface area contributed by atoms with E-state index in [1.807, 2.05) is 42.2 Å². The predicted molar refractivity (Wildman–Crippen MR) is 104 cm³/mol. The summed E-state index contributed by atoms with van der Waals surface area (Å²) in [6.45, 7) is 4.73. The fraction of sp³-hybridized carbons (Fsp3) is 0.350. The van der Waals surface area contributed by atoms with Crippen LogP contribution in [0.1, 0.15) is 15.9 Å². The SMILES string of the molecule is COc1ccccc1C(=O)N1CCN(c2cc(C)c(Cl)cc2OC)CC1. The first-order chi connectivity index (χ1) is 12.5. The van der Waals surface area contributed by atoms with E-state index in [4.69, 9.17) is 21.1 Å². The number of carbonyl (C=O) groups is 1. The summed E-state index contributed by atoms with van der Waals surface area (Å²) >= 11 is 6.20. The normalized spacial score (nSPS) is 14.3. The lowest BCUT2D eigenvalue weighted by Gasteiger charge is -2.37. The van der Waals surface area contributed by atoms with Crippen molar-refractivity contribution in [3.05, 3.63) is 52.5 Å². The monoisotopic (exact) mass is 374 g/mol. The lowest BCUT2D eigenvalue weighted by molar-refractivity contribution is 0.0743. The molecule has 0 aliphatic carbocycles. The molecule has 2 aromatic carbocycles. The molecule has 3 rings (SSSR count). The Morgan fingerprint density at radius 1 is 1.00 bits per heavy atom. The first-order valence-electron chi connectivity index (χ1n) is 8.56. The van der Waals surface area contributed by atoms with Gasteiger partial charge in [0, 0.05) is 37.3 Å². The number of amides is 1. The Morgan fingerprint density at radius 2 is 1.65 bits per heavy atom. The molecule has 2 aromatic rings. The molecule has 1 heterocycles. The number of hydrogen-bond donors (Lipinski definition) is 0. The number of rotatable bonds is 4. The van der Waals surface area contributed by atoms with Gasteiger partial charge >= 0.3 is 0 Å². The number of carbonyl (C=O) groups excluding carboxylic acids is 1. The zero-order valence-electron chi connectivity index (χ0n) is 15.3. The smallest absolute Gasteiger partial charge is 0.257 e. The zero-order valence-corrected chi connectivity index (χ0v) is 16.0. The number of methoxy groups -OCH3 is 2. The maximum Gasteiger partial charge on any atom is 0.257 e. The predicted octanol–water partition coefficient (Wildman–Crippen LogP) is 3.63. The first-order valence-corrected chi connectivity index (χ1v) is 8.94. The molecule has 1 aliphatic rings. The molecule has 0 atom stereocenters. The van der Waals surface area contributed by atoms with Crippen molar-refractivity contribution in [2.45, 2.75) is 6.92 Å². The second kappa shape index (κ2) is 7.87. The molecular weight excluding hydrogens is 352 g/mol. The van der Waals surface area contributed by atoms with Crippen LogP contribution in [0.5, 0.6) is 11.5 Å². The zero-order chi connectivity index (χ0) is 18.7. The third-order valence-corrected chi connectivity index (χ3v) is 5.11. The van der Waals surface area contributed by atoms with Gasteiger partial charge in [0.2, 0.25) is 0 Å². The number of anilines is 1. The number of hydrogen-bond acceptors (Lipinski definition) is 4. The number of para-hydroxylation sites is 1. The fourth-order valence-corrected chi connectivity index (χ4v) is 3.35. The average molecular weight is 375 g/mol. The summed E-state index contributed by atoms with van der Waals surface area (Å²) < 4.78 is 10.8. The van der Waals surface area contributed by atoms with Crippen LogP contribution in [0.25, 0.3) is 0 Å². The summed E-state index contributed by atoms with van der Waals surface area (Å²) in [6, 6.07) is 11.2. The van der Waals surface area contributed by atoms with Crippen LogP contribution in [0.3, 0.4) is 0 Å². The maximum absolute atomic E-state index is 12.8. The Bertz CT molecular complexity index is 802. The Morgan fingerprint density at radius 3 is 2.31 bits per heavy atom. The van der Waals surface area contributed by atoms with Gasteiger partial charge < -0.3 is 19.3 Å². The van der Waals surface area contributed by atoms with Crippen LogP contribution < -0.4 is 14.4 Å². The van der Waals surface area contributed by atoms with Crippen molar-refractivity contribution in [2.24, 2.45) is 0 Å². The molecule has 1 fully saturated rings. The van der Waals surface area contributed by atoms with Crippen molar-refractivity contribution < 1.29 is 14.3 Å². The molecule has 26 heavy (non-hydrogen) atoms. The van der Waals surface area contributed by atoms with E-state index >= 15 is 0 Å². The van der Waals surface area contributed by atoms with Gasteiger partial charge in [-0.15, -0.1) is 0 Å². The summed E-state index contributed by atoms with van der Waals surface area (Å²) in [5.41, 5.74) is 2.62. The van der Waals surface area contributed by atoms with Crippen molar-refractivity contribution in [1.82, 2.24) is 4.90 Å². The minimum Gasteiger partial charge on any atom is -0.496 e. The van der Waals surface area contributed by atoms with E-state index in [1.165, 1.54) is 0 Å². The van der Waals surface area contributed by atoms with Crippen LogP contribution in [-0.2, 0) is 0 Å². The summed E-state index contributed by atoms with van der Waals surface area (Å²) in [4.78, 5) is 16.9. The van der Waals surface area contributed by atoms with Crippen LogP contribution in [0.2, 0.25) is 5.02 Å². The molecule has 0 N–H and O–H groups in total. The first kappa shape index (κ1) is 18.4. The number of piperazine rings is 1. The number of aryl methyl sites for hydroxylation is 1. The topological polar surface area (TPSA) is 42.0 Å². The second-order valence-electron chi connectivity index (χ2n) is 6.25. The largest absolute Gasteiger partial charge is 0.496 e. The Balaban J connectivity index is 1.74. The minimum absolute atomic E-state index is 0.00125. The molecule has 6 heteroatoms. The van der Waals surface area contributed by atoms with Gasteiger partial charge in [0.25, 0.3) is 5.91 Å². The third-order valence-electron chi connectivity index (χ3n) is 4.71. The minimum atomic E-state index is 0.00125.